The first-order valence-electron chi connectivity index (χ1n) is 9.55. The summed E-state index contributed by atoms with van der Waals surface area (Å²) in [5.41, 5.74) is 2.43. The monoisotopic (exact) mass is 355 g/mol. The van der Waals surface area contributed by atoms with E-state index in [1.807, 2.05) is 36.9 Å². The fourth-order valence-electron chi connectivity index (χ4n) is 3.62. The molecule has 0 saturated carbocycles. The normalized spacial score (nSPS) is 15.8. The van der Waals surface area contributed by atoms with Crippen molar-refractivity contribution in [2.24, 2.45) is 0 Å². The van der Waals surface area contributed by atoms with E-state index in [1.54, 1.807) is 5.01 Å². The number of hydrogen-bond acceptors (Lipinski definition) is 3. The number of aromatic nitrogens is 1. The zero-order valence-corrected chi connectivity index (χ0v) is 15.8. The lowest BCUT2D eigenvalue weighted by atomic mass is 10.0. The Labute approximate surface area is 156 Å². The Kier molecular flexibility index (Phi) is 6.34. The third-order valence-corrected chi connectivity index (χ3v) is 5.08. The molecule has 0 unspecified atom stereocenters. The molecule has 0 spiro atoms. The van der Waals surface area contributed by atoms with Crippen molar-refractivity contribution >= 4 is 6.09 Å². The minimum Gasteiger partial charge on any atom is -0.448 e. The summed E-state index contributed by atoms with van der Waals surface area (Å²) < 4.78 is 7.25. The Hall–Kier alpha value is -2.27. The summed E-state index contributed by atoms with van der Waals surface area (Å²) in [6.07, 6.45) is 4.68. The number of nitrogens with zero attached hydrogens (tertiary/aromatic N) is 3. The molecule has 2 heterocycles. The first-order valence-corrected chi connectivity index (χ1v) is 9.55. The van der Waals surface area contributed by atoms with Gasteiger partial charge in [0.2, 0.25) is 0 Å². The second-order valence-corrected chi connectivity index (χ2v) is 6.85. The molecule has 1 fully saturated rings. The average molecular weight is 355 g/mol. The number of likely N-dealkylation sites (tertiary alicyclic amines) is 1. The molecule has 0 N–H and O–H groups in total. The minimum absolute atomic E-state index is 0.174. The van der Waals surface area contributed by atoms with Crippen LogP contribution in [0.1, 0.15) is 31.0 Å². The number of benzene rings is 1. The van der Waals surface area contributed by atoms with Gasteiger partial charge in [-0.2, -0.15) is 0 Å². The van der Waals surface area contributed by atoms with Crippen molar-refractivity contribution in [1.29, 1.82) is 0 Å². The lowest BCUT2D eigenvalue weighted by Gasteiger charge is -2.38. The second-order valence-electron chi connectivity index (χ2n) is 6.85. The van der Waals surface area contributed by atoms with E-state index in [4.69, 9.17) is 4.74 Å². The van der Waals surface area contributed by atoms with Gasteiger partial charge in [-0.05, 0) is 50.8 Å². The summed E-state index contributed by atoms with van der Waals surface area (Å²) in [7, 11) is 0. The van der Waals surface area contributed by atoms with Crippen molar-refractivity contribution in [3.05, 3.63) is 59.9 Å². The third kappa shape index (κ3) is 4.47. The van der Waals surface area contributed by atoms with E-state index >= 15 is 0 Å². The Balaban J connectivity index is 1.59. The number of aryl methyl sites for hydroxylation is 1. The molecule has 1 aliphatic rings. The van der Waals surface area contributed by atoms with Crippen molar-refractivity contribution in [2.45, 2.75) is 39.2 Å². The van der Waals surface area contributed by atoms with Gasteiger partial charge in [-0.15, -0.1) is 0 Å². The number of carbonyl (C=O) groups excluding carboxylic acids is 1. The zero-order valence-electron chi connectivity index (χ0n) is 15.8. The number of ether oxygens (including phenoxy) is 1. The number of carbonyl (C=O) groups is 1. The van der Waals surface area contributed by atoms with Gasteiger partial charge in [0.15, 0.2) is 0 Å². The highest BCUT2D eigenvalue weighted by atomic mass is 16.6. The maximum Gasteiger partial charge on any atom is 0.429 e. The topological polar surface area (TPSA) is 37.7 Å². The lowest BCUT2D eigenvalue weighted by Crippen LogP contribution is -2.53. The predicted molar refractivity (Wildman–Crippen MR) is 104 cm³/mol. The second kappa shape index (κ2) is 8.90. The Morgan fingerprint density at radius 3 is 2.50 bits per heavy atom. The van der Waals surface area contributed by atoms with Crippen molar-refractivity contribution in [3.8, 4) is 0 Å². The Morgan fingerprint density at radius 2 is 1.88 bits per heavy atom. The molecule has 1 amide bonds. The molecule has 0 radical (unpaired) electrons. The molecule has 3 rings (SSSR count). The maximum absolute atomic E-state index is 12.6. The highest BCUT2D eigenvalue weighted by molar-refractivity contribution is 5.79. The number of hydrogen-bond donors (Lipinski definition) is 0. The van der Waals surface area contributed by atoms with Crippen molar-refractivity contribution < 1.29 is 9.53 Å². The largest absolute Gasteiger partial charge is 0.448 e. The SMILES string of the molecule is CCOC(=O)N(C1CCN(CCc2ccccc2)CC1)n1cccc1C. The van der Waals surface area contributed by atoms with E-state index in [-0.39, 0.29) is 12.1 Å². The Morgan fingerprint density at radius 1 is 1.15 bits per heavy atom. The number of amides is 1. The molecule has 1 aromatic carbocycles. The van der Waals surface area contributed by atoms with Crippen LogP contribution in [0.2, 0.25) is 0 Å². The summed E-state index contributed by atoms with van der Waals surface area (Å²) in [5, 5.41) is 1.80. The highest BCUT2D eigenvalue weighted by Gasteiger charge is 2.30. The van der Waals surface area contributed by atoms with Crippen LogP contribution in [0.15, 0.2) is 48.7 Å². The summed E-state index contributed by atoms with van der Waals surface area (Å²) in [6, 6.07) is 14.8. The summed E-state index contributed by atoms with van der Waals surface area (Å²) >= 11 is 0. The molecular formula is C21H29N3O2. The van der Waals surface area contributed by atoms with Crippen LogP contribution in [-0.2, 0) is 11.2 Å². The van der Waals surface area contributed by atoms with Crippen LogP contribution in [0.3, 0.4) is 0 Å². The molecule has 26 heavy (non-hydrogen) atoms. The quantitative estimate of drug-likeness (QED) is 0.795. The molecule has 0 atom stereocenters. The van der Waals surface area contributed by atoms with E-state index in [0.29, 0.717) is 6.61 Å². The standard InChI is InChI=1S/C21H29N3O2/c1-3-26-21(25)24(23-14-7-8-18(23)2)20-12-16-22(17-13-20)15-11-19-9-5-4-6-10-19/h4-10,14,20H,3,11-13,15-17H2,1-2H3. The van der Waals surface area contributed by atoms with Gasteiger partial charge >= 0.3 is 6.09 Å². The summed E-state index contributed by atoms with van der Waals surface area (Å²) in [6.45, 7) is 7.34. The number of piperidine rings is 1. The summed E-state index contributed by atoms with van der Waals surface area (Å²) in [5.74, 6) is 0. The van der Waals surface area contributed by atoms with Gasteiger partial charge in [0, 0.05) is 31.5 Å². The van der Waals surface area contributed by atoms with E-state index in [1.165, 1.54) is 5.56 Å². The van der Waals surface area contributed by atoms with Gasteiger partial charge in [-0.1, -0.05) is 30.3 Å². The van der Waals surface area contributed by atoms with Gasteiger partial charge in [0.25, 0.3) is 0 Å². The van der Waals surface area contributed by atoms with Crippen molar-refractivity contribution in [1.82, 2.24) is 9.58 Å². The van der Waals surface area contributed by atoms with Gasteiger partial charge < -0.3 is 9.64 Å². The van der Waals surface area contributed by atoms with Crippen molar-refractivity contribution in [2.75, 3.05) is 31.3 Å². The molecule has 0 aliphatic carbocycles. The molecule has 1 aromatic heterocycles. The van der Waals surface area contributed by atoms with Crippen LogP contribution in [0, 0.1) is 6.92 Å². The fourth-order valence-corrected chi connectivity index (χ4v) is 3.62. The lowest BCUT2D eigenvalue weighted by molar-refractivity contribution is 0.138. The minimum atomic E-state index is -0.255. The van der Waals surface area contributed by atoms with Crippen LogP contribution in [0.5, 0.6) is 0 Å². The van der Waals surface area contributed by atoms with Crippen LogP contribution in [0.4, 0.5) is 4.79 Å². The van der Waals surface area contributed by atoms with Crippen LogP contribution in [0.25, 0.3) is 0 Å². The van der Waals surface area contributed by atoms with Gasteiger partial charge in [-0.3, -0.25) is 4.68 Å². The van der Waals surface area contributed by atoms with E-state index < -0.39 is 0 Å². The molecular weight excluding hydrogens is 326 g/mol. The van der Waals surface area contributed by atoms with Gasteiger partial charge in [-0.25, -0.2) is 9.80 Å². The smallest absolute Gasteiger partial charge is 0.429 e. The molecule has 0 bridgehead atoms. The van der Waals surface area contributed by atoms with Crippen LogP contribution >= 0.6 is 0 Å². The first-order chi connectivity index (χ1) is 12.7. The van der Waals surface area contributed by atoms with Gasteiger partial charge in [0.1, 0.15) is 0 Å². The highest BCUT2D eigenvalue weighted by Crippen LogP contribution is 2.19. The van der Waals surface area contributed by atoms with Crippen molar-refractivity contribution in [3.63, 3.8) is 0 Å². The van der Waals surface area contributed by atoms with E-state index in [9.17, 15) is 4.79 Å². The molecule has 5 heteroatoms. The van der Waals surface area contributed by atoms with E-state index in [2.05, 4.69) is 35.2 Å². The Bertz CT molecular complexity index is 690. The maximum atomic E-state index is 12.6. The molecule has 5 nitrogen and oxygen atoms in total. The number of rotatable bonds is 6. The van der Waals surface area contributed by atoms with E-state index in [0.717, 1.165) is 44.6 Å². The molecule has 1 saturated heterocycles. The van der Waals surface area contributed by atoms with Gasteiger partial charge in [0.05, 0.1) is 12.6 Å². The summed E-state index contributed by atoms with van der Waals surface area (Å²) in [4.78, 5) is 15.1. The van der Waals surface area contributed by atoms with Crippen LogP contribution in [-0.4, -0.2) is 48.0 Å². The zero-order chi connectivity index (χ0) is 18.4. The molecule has 2 aromatic rings. The van der Waals surface area contributed by atoms with Crippen LogP contribution < -0.4 is 5.01 Å². The fraction of sp³-hybridized carbons (Fsp3) is 0.476. The third-order valence-electron chi connectivity index (χ3n) is 5.08. The average Bonchev–Trinajstić information content (AvgIpc) is 3.08. The molecule has 1 aliphatic heterocycles. The first kappa shape index (κ1) is 18.5. The molecule has 140 valence electrons. The predicted octanol–water partition coefficient (Wildman–Crippen LogP) is 3.60.